The van der Waals surface area contributed by atoms with Crippen LogP contribution in [0.15, 0.2) is 54.6 Å². The number of halogens is 1. The molecule has 2 unspecified atom stereocenters. The Hall–Kier alpha value is -2.08. The minimum atomic E-state index is 0.0838. The molecule has 1 N–H and O–H groups in total. The third kappa shape index (κ3) is 7.71. The van der Waals surface area contributed by atoms with Crippen LogP contribution in [0.5, 0.6) is 0 Å². The third-order valence-electron chi connectivity index (χ3n) is 7.98. The molecule has 0 spiro atoms. The third-order valence-corrected chi connectivity index (χ3v) is 8.22. The monoisotopic (exact) mass is 510 g/mol. The van der Waals surface area contributed by atoms with Crippen molar-refractivity contribution in [3.63, 3.8) is 0 Å². The van der Waals surface area contributed by atoms with Gasteiger partial charge in [0.2, 0.25) is 0 Å². The fourth-order valence-corrected chi connectivity index (χ4v) is 6.22. The first-order chi connectivity index (χ1) is 17.5. The van der Waals surface area contributed by atoms with Gasteiger partial charge in [-0.05, 0) is 74.8 Å². The lowest BCUT2D eigenvalue weighted by Gasteiger charge is -2.39. The standard InChI is InChI=1S/C30H43ClN4O/c1-3-16-35(30(36)32-21-24-8-5-4-6-9-24)28-14-17-34(18-15-28)23-26-12-13-29(20-26)33(2)22-25-10-7-11-27(31)19-25/h4-11,19,26,28-29H,3,12-18,20-23H2,1-2H3,(H,32,36). The van der Waals surface area contributed by atoms with Crippen LogP contribution in [0.25, 0.3) is 0 Å². The molecule has 1 aliphatic carbocycles. The molecule has 1 saturated heterocycles. The smallest absolute Gasteiger partial charge is 0.317 e. The highest BCUT2D eigenvalue weighted by Gasteiger charge is 2.32. The lowest BCUT2D eigenvalue weighted by molar-refractivity contribution is 0.110. The molecule has 4 rings (SSSR count). The van der Waals surface area contributed by atoms with Gasteiger partial charge in [-0.2, -0.15) is 0 Å². The van der Waals surface area contributed by atoms with Crippen molar-refractivity contribution in [2.45, 2.75) is 70.6 Å². The van der Waals surface area contributed by atoms with Gasteiger partial charge in [0.1, 0.15) is 0 Å². The largest absolute Gasteiger partial charge is 0.334 e. The first-order valence-corrected chi connectivity index (χ1v) is 14.1. The lowest BCUT2D eigenvalue weighted by atomic mass is 10.00. The molecule has 2 amide bonds. The highest BCUT2D eigenvalue weighted by atomic mass is 35.5. The van der Waals surface area contributed by atoms with Crippen LogP contribution in [0, 0.1) is 5.92 Å². The Bertz CT molecular complexity index is 947. The molecule has 2 aromatic rings. The van der Waals surface area contributed by atoms with Crippen molar-refractivity contribution in [1.29, 1.82) is 0 Å². The Balaban J connectivity index is 1.20. The van der Waals surface area contributed by atoms with Crippen LogP contribution in [-0.2, 0) is 13.1 Å². The number of amides is 2. The summed E-state index contributed by atoms with van der Waals surface area (Å²) in [5.41, 5.74) is 2.44. The summed E-state index contributed by atoms with van der Waals surface area (Å²) < 4.78 is 0. The van der Waals surface area contributed by atoms with Gasteiger partial charge in [0.25, 0.3) is 0 Å². The highest BCUT2D eigenvalue weighted by Crippen LogP contribution is 2.31. The van der Waals surface area contributed by atoms with Crippen molar-refractivity contribution < 1.29 is 4.79 Å². The summed E-state index contributed by atoms with van der Waals surface area (Å²) in [6.45, 7) is 7.92. The van der Waals surface area contributed by atoms with Gasteiger partial charge in [0, 0.05) is 56.4 Å². The van der Waals surface area contributed by atoms with E-state index in [0.717, 1.165) is 61.9 Å². The van der Waals surface area contributed by atoms with E-state index >= 15 is 0 Å². The number of benzene rings is 2. The van der Waals surface area contributed by atoms with Gasteiger partial charge in [0.05, 0.1) is 0 Å². The number of hydrogen-bond donors (Lipinski definition) is 1. The van der Waals surface area contributed by atoms with E-state index in [1.165, 1.54) is 31.4 Å². The van der Waals surface area contributed by atoms with Crippen LogP contribution in [0.3, 0.4) is 0 Å². The van der Waals surface area contributed by atoms with E-state index in [0.29, 0.717) is 18.6 Å². The molecule has 196 valence electrons. The van der Waals surface area contributed by atoms with E-state index < -0.39 is 0 Å². The summed E-state index contributed by atoms with van der Waals surface area (Å²) in [6, 6.07) is 19.5. The molecule has 1 heterocycles. The van der Waals surface area contributed by atoms with E-state index in [9.17, 15) is 4.79 Å². The maximum Gasteiger partial charge on any atom is 0.317 e. The van der Waals surface area contributed by atoms with Crippen LogP contribution in [0.2, 0.25) is 5.02 Å². The number of piperidine rings is 1. The van der Waals surface area contributed by atoms with Crippen molar-refractivity contribution >= 4 is 17.6 Å². The zero-order valence-electron chi connectivity index (χ0n) is 22.0. The van der Waals surface area contributed by atoms with E-state index in [2.05, 4.69) is 58.3 Å². The van der Waals surface area contributed by atoms with Crippen molar-refractivity contribution in [3.05, 3.63) is 70.7 Å². The minimum absolute atomic E-state index is 0.0838. The minimum Gasteiger partial charge on any atom is -0.334 e. The molecule has 1 aliphatic heterocycles. The second-order valence-electron chi connectivity index (χ2n) is 10.7. The van der Waals surface area contributed by atoms with E-state index in [4.69, 9.17) is 11.6 Å². The molecule has 2 aliphatic rings. The van der Waals surface area contributed by atoms with Gasteiger partial charge in [-0.15, -0.1) is 0 Å². The Kier molecular flexibility index (Phi) is 10.1. The molecule has 0 bridgehead atoms. The molecule has 5 nitrogen and oxygen atoms in total. The quantitative estimate of drug-likeness (QED) is 0.424. The number of carbonyl (C=O) groups is 1. The zero-order chi connectivity index (χ0) is 25.3. The molecule has 36 heavy (non-hydrogen) atoms. The van der Waals surface area contributed by atoms with Gasteiger partial charge in [-0.25, -0.2) is 4.79 Å². The maximum absolute atomic E-state index is 13.0. The van der Waals surface area contributed by atoms with Gasteiger partial charge in [-0.3, -0.25) is 4.90 Å². The van der Waals surface area contributed by atoms with Crippen molar-refractivity contribution in [2.24, 2.45) is 5.92 Å². The van der Waals surface area contributed by atoms with E-state index in [1.807, 2.05) is 30.3 Å². The predicted octanol–water partition coefficient (Wildman–Crippen LogP) is 6.03. The van der Waals surface area contributed by atoms with E-state index in [1.54, 1.807) is 0 Å². The predicted molar refractivity (Wildman–Crippen MR) is 149 cm³/mol. The van der Waals surface area contributed by atoms with E-state index in [-0.39, 0.29) is 6.03 Å². The van der Waals surface area contributed by atoms with Gasteiger partial charge >= 0.3 is 6.03 Å². The Morgan fingerprint density at radius 3 is 2.47 bits per heavy atom. The Morgan fingerprint density at radius 1 is 1.00 bits per heavy atom. The second kappa shape index (κ2) is 13.5. The molecular formula is C30H43ClN4O. The Morgan fingerprint density at radius 2 is 1.75 bits per heavy atom. The number of hydrogen-bond acceptors (Lipinski definition) is 3. The number of nitrogens with one attached hydrogen (secondary N) is 1. The molecule has 2 atom stereocenters. The Labute approximate surface area is 222 Å². The maximum atomic E-state index is 13.0. The number of carbonyl (C=O) groups excluding carboxylic acids is 1. The zero-order valence-corrected chi connectivity index (χ0v) is 22.8. The summed E-state index contributed by atoms with van der Waals surface area (Å²) in [5.74, 6) is 0.772. The average molecular weight is 511 g/mol. The summed E-state index contributed by atoms with van der Waals surface area (Å²) >= 11 is 6.18. The van der Waals surface area contributed by atoms with Gasteiger partial charge in [-0.1, -0.05) is 61.0 Å². The first kappa shape index (κ1) is 27.0. The van der Waals surface area contributed by atoms with Crippen LogP contribution < -0.4 is 5.32 Å². The fraction of sp³-hybridized carbons (Fsp3) is 0.567. The molecular weight excluding hydrogens is 468 g/mol. The molecule has 6 heteroatoms. The SMILES string of the molecule is CCCN(C(=O)NCc1ccccc1)C1CCN(CC2CCC(N(C)Cc3cccc(Cl)c3)C2)CC1. The topological polar surface area (TPSA) is 38.8 Å². The second-order valence-corrected chi connectivity index (χ2v) is 11.2. The van der Waals surface area contributed by atoms with Crippen molar-refractivity contribution in [2.75, 3.05) is 33.2 Å². The van der Waals surface area contributed by atoms with Crippen LogP contribution in [0.1, 0.15) is 56.6 Å². The number of likely N-dealkylation sites (tertiary alicyclic amines) is 1. The first-order valence-electron chi connectivity index (χ1n) is 13.8. The molecule has 2 fully saturated rings. The van der Waals surface area contributed by atoms with Gasteiger partial charge in [0.15, 0.2) is 0 Å². The lowest BCUT2D eigenvalue weighted by Crippen LogP contribution is -2.51. The summed E-state index contributed by atoms with van der Waals surface area (Å²) in [7, 11) is 2.25. The number of rotatable bonds is 10. The van der Waals surface area contributed by atoms with Crippen LogP contribution in [0.4, 0.5) is 4.79 Å². The molecule has 0 radical (unpaired) electrons. The summed E-state index contributed by atoms with van der Waals surface area (Å²) in [6.07, 6.45) is 7.01. The highest BCUT2D eigenvalue weighted by molar-refractivity contribution is 6.30. The van der Waals surface area contributed by atoms with Gasteiger partial charge < -0.3 is 15.1 Å². The molecule has 2 aromatic carbocycles. The summed E-state index contributed by atoms with van der Waals surface area (Å²) in [5, 5.41) is 3.97. The van der Waals surface area contributed by atoms with Crippen molar-refractivity contribution in [1.82, 2.24) is 20.0 Å². The number of urea groups is 1. The van der Waals surface area contributed by atoms with Crippen molar-refractivity contribution in [3.8, 4) is 0 Å². The molecule has 1 saturated carbocycles. The average Bonchev–Trinajstić information content (AvgIpc) is 3.36. The molecule has 0 aromatic heterocycles. The number of nitrogens with zero attached hydrogens (tertiary/aromatic N) is 3. The van der Waals surface area contributed by atoms with Crippen LogP contribution >= 0.6 is 11.6 Å². The normalized spacial score (nSPS) is 21.1. The summed E-state index contributed by atoms with van der Waals surface area (Å²) in [4.78, 5) is 20.3. The fourth-order valence-electron chi connectivity index (χ4n) is 6.01. The van der Waals surface area contributed by atoms with Crippen LogP contribution in [-0.4, -0.2) is 66.0 Å².